The molecule has 1 N–H and O–H groups in total. The summed E-state index contributed by atoms with van der Waals surface area (Å²) in [6, 6.07) is 0.324. The van der Waals surface area contributed by atoms with Gasteiger partial charge in [0.05, 0.1) is 5.41 Å². The summed E-state index contributed by atoms with van der Waals surface area (Å²) < 4.78 is 0. The summed E-state index contributed by atoms with van der Waals surface area (Å²) in [5, 5.41) is 3.25. The van der Waals surface area contributed by atoms with E-state index in [1.807, 2.05) is 0 Å². The van der Waals surface area contributed by atoms with Crippen LogP contribution < -0.4 is 5.32 Å². The third kappa shape index (κ3) is 3.80. The van der Waals surface area contributed by atoms with Crippen LogP contribution in [0.25, 0.3) is 0 Å². The molecule has 150 valence electrons. The average Bonchev–Trinajstić information content (AvgIpc) is 3.39. The third-order valence-electron chi connectivity index (χ3n) is 7.19. The lowest BCUT2D eigenvalue weighted by molar-refractivity contribution is -0.142. The fourth-order valence-corrected chi connectivity index (χ4v) is 5.71. The van der Waals surface area contributed by atoms with Gasteiger partial charge in [-0.2, -0.15) is 0 Å². The smallest absolute Gasteiger partial charge is 0.232 e. The molecule has 1 unspecified atom stereocenters. The lowest BCUT2D eigenvalue weighted by atomic mass is 9.68. The van der Waals surface area contributed by atoms with E-state index < -0.39 is 5.41 Å². The minimum absolute atomic E-state index is 0.172. The summed E-state index contributed by atoms with van der Waals surface area (Å²) >= 11 is 0. The Morgan fingerprint density at radius 2 is 1.89 bits per heavy atom. The van der Waals surface area contributed by atoms with Crippen LogP contribution in [0.2, 0.25) is 0 Å². The first-order valence-electron chi connectivity index (χ1n) is 11.2. The van der Waals surface area contributed by atoms with Crippen LogP contribution in [-0.2, 0) is 9.59 Å². The van der Waals surface area contributed by atoms with Crippen LogP contribution in [0, 0.1) is 5.41 Å². The van der Waals surface area contributed by atoms with E-state index in [0.29, 0.717) is 18.9 Å². The van der Waals surface area contributed by atoms with Crippen LogP contribution in [0.3, 0.4) is 0 Å². The lowest BCUT2D eigenvalue weighted by Gasteiger charge is -2.48. The largest absolute Gasteiger partial charge is 0.355 e. The highest BCUT2D eigenvalue weighted by atomic mass is 16.2. The molecule has 2 aliphatic heterocycles. The van der Waals surface area contributed by atoms with Crippen molar-refractivity contribution in [1.82, 2.24) is 15.1 Å². The zero-order valence-electron chi connectivity index (χ0n) is 16.7. The Morgan fingerprint density at radius 3 is 2.67 bits per heavy atom. The molecule has 2 aliphatic carbocycles. The average molecular weight is 374 g/mol. The Labute approximate surface area is 163 Å². The van der Waals surface area contributed by atoms with Gasteiger partial charge in [0.25, 0.3) is 0 Å². The molecular weight excluding hydrogens is 338 g/mol. The van der Waals surface area contributed by atoms with Crippen molar-refractivity contribution in [2.24, 2.45) is 5.41 Å². The number of carbonyl (C=O) groups is 2. The summed E-state index contributed by atoms with van der Waals surface area (Å²) in [6.45, 7) is 4.26. The quantitative estimate of drug-likeness (QED) is 0.728. The Hall–Kier alpha value is -1.36. The van der Waals surface area contributed by atoms with E-state index in [0.717, 1.165) is 57.3 Å². The van der Waals surface area contributed by atoms with Crippen LogP contribution in [0.4, 0.5) is 0 Å². The predicted molar refractivity (Wildman–Crippen MR) is 106 cm³/mol. The van der Waals surface area contributed by atoms with Gasteiger partial charge in [-0.3, -0.25) is 9.59 Å². The third-order valence-corrected chi connectivity index (χ3v) is 7.19. The summed E-state index contributed by atoms with van der Waals surface area (Å²) in [6.07, 6.45) is 14.6. The second-order valence-electron chi connectivity index (χ2n) is 8.92. The van der Waals surface area contributed by atoms with E-state index in [-0.39, 0.29) is 11.8 Å². The van der Waals surface area contributed by atoms with Gasteiger partial charge in [-0.15, -0.1) is 0 Å². The van der Waals surface area contributed by atoms with Crippen LogP contribution in [-0.4, -0.2) is 53.8 Å². The molecule has 0 spiro atoms. The first kappa shape index (κ1) is 19.0. The Bertz CT molecular complexity index is 590. The van der Waals surface area contributed by atoms with E-state index in [1.54, 1.807) is 0 Å². The van der Waals surface area contributed by atoms with E-state index >= 15 is 0 Å². The minimum Gasteiger partial charge on any atom is -0.355 e. The van der Waals surface area contributed by atoms with Crippen molar-refractivity contribution in [2.45, 2.75) is 83.1 Å². The van der Waals surface area contributed by atoms with Crippen molar-refractivity contribution in [3.8, 4) is 0 Å². The minimum atomic E-state index is -0.456. The van der Waals surface area contributed by atoms with E-state index in [9.17, 15) is 9.59 Å². The van der Waals surface area contributed by atoms with Gasteiger partial charge in [0, 0.05) is 24.7 Å². The van der Waals surface area contributed by atoms with Crippen molar-refractivity contribution in [3.63, 3.8) is 0 Å². The zero-order valence-corrected chi connectivity index (χ0v) is 16.7. The number of fused-ring (bicyclic) bond motifs is 1. The number of likely N-dealkylation sites (tertiary alicyclic amines) is 2. The van der Waals surface area contributed by atoms with Crippen LogP contribution in [0.1, 0.15) is 77.0 Å². The second-order valence-corrected chi connectivity index (χ2v) is 8.92. The fraction of sp³-hybridized carbons (Fsp3) is 0.818. The zero-order chi connectivity index (χ0) is 18.7. The number of nitrogens with zero attached hydrogens (tertiary/aromatic N) is 2. The van der Waals surface area contributed by atoms with Gasteiger partial charge in [0.2, 0.25) is 11.8 Å². The molecule has 4 rings (SSSR count). The van der Waals surface area contributed by atoms with Gasteiger partial charge in [0.1, 0.15) is 0 Å². The van der Waals surface area contributed by atoms with E-state index in [1.165, 1.54) is 38.8 Å². The summed E-state index contributed by atoms with van der Waals surface area (Å²) in [7, 11) is 0. The maximum atomic E-state index is 13.3. The number of allylic oxidation sites excluding steroid dienone is 1. The molecule has 1 saturated carbocycles. The second kappa shape index (κ2) is 8.34. The van der Waals surface area contributed by atoms with Gasteiger partial charge in [-0.25, -0.2) is 0 Å². The molecule has 2 heterocycles. The molecular formula is C22H35N3O2. The Kier molecular flexibility index (Phi) is 5.86. The molecule has 2 saturated heterocycles. The predicted octanol–water partition coefficient (Wildman–Crippen LogP) is 3.21. The maximum Gasteiger partial charge on any atom is 0.232 e. The van der Waals surface area contributed by atoms with Crippen molar-refractivity contribution in [1.29, 1.82) is 0 Å². The van der Waals surface area contributed by atoms with Gasteiger partial charge >= 0.3 is 0 Å². The SMILES string of the molecule is O=C1CCC2(C(=O)NCCCN3CCCC3)CCCC=C2N1C1CCCC1. The van der Waals surface area contributed by atoms with Crippen LogP contribution in [0.5, 0.6) is 0 Å². The fourth-order valence-electron chi connectivity index (χ4n) is 5.71. The first-order chi connectivity index (χ1) is 13.2. The Balaban J connectivity index is 1.42. The molecule has 27 heavy (non-hydrogen) atoms. The number of carbonyl (C=O) groups excluding carboxylic acids is 2. The monoisotopic (exact) mass is 373 g/mol. The molecule has 0 aromatic carbocycles. The van der Waals surface area contributed by atoms with Crippen LogP contribution >= 0.6 is 0 Å². The standard InChI is InChI=1S/C22H35N3O2/c26-20-11-13-22(21(27)23-14-7-17-24-15-5-6-16-24)12-4-3-10-19(22)25(20)18-8-1-2-9-18/h10,18H,1-9,11-17H2,(H,23,27). The highest BCUT2D eigenvalue weighted by Gasteiger charge is 2.51. The molecule has 2 amide bonds. The normalized spacial score (nSPS) is 29.7. The molecule has 5 nitrogen and oxygen atoms in total. The molecule has 0 aromatic heterocycles. The van der Waals surface area contributed by atoms with E-state index in [2.05, 4.69) is 21.2 Å². The highest BCUT2D eigenvalue weighted by Crippen LogP contribution is 2.48. The number of piperidine rings is 1. The molecule has 5 heteroatoms. The molecule has 1 atom stereocenters. The number of rotatable bonds is 6. The van der Waals surface area contributed by atoms with Gasteiger partial charge in [-0.05, 0) is 77.4 Å². The number of nitrogens with one attached hydrogen (secondary N) is 1. The summed E-state index contributed by atoms with van der Waals surface area (Å²) in [5.74, 6) is 0.415. The molecule has 0 radical (unpaired) electrons. The lowest BCUT2D eigenvalue weighted by Crippen LogP contribution is -2.55. The molecule has 4 aliphatic rings. The van der Waals surface area contributed by atoms with Crippen molar-refractivity contribution < 1.29 is 9.59 Å². The number of hydrogen-bond acceptors (Lipinski definition) is 3. The summed E-state index contributed by atoms with van der Waals surface area (Å²) in [4.78, 5) is 30.6. The van der Waals surface area contributed by atoms with Gasteiger partial charge in [0.15, 0.2) is 0 Å². The topological polar surface area (TPSA) is 52.7 Å². The number of hydrogen-bond donors (Lipinski definition) is 1. The molecule has 0 bridgehead atoms. The van der Waals surface area contributed by atoms with Crippen molar-refractivity contribution >= 4 is 11.8 Å². The van der Waals surface area contributed by atoms with Gasteiger partial charge < -0.3 is 15.1 Å². The van der Waals surface area contributed by atoms with Crippen LogP contribution in [0.15, 0.2) is 11.8 Å². The molecule has 0 aromatic rings. The number of amides is 2. The molecule has 3 fully saturated rings. The Morgan fingerprint density at radius 1 is 1.11 bits per heavy atom. The van der Waals surface area contributed by atoms with Crippen molar-refractivity contribution in [2.75, 3.05) is 26.2 Å². The highest BCUT2D eigenvalue weighted by molar-refractivity contribution is 5.91. The summed E-state index contributed by atoms with van der Waals surface area (Å²) in [5.41, 5.74) is 0.594. The van der Waals surface area contributed by atoms with Gasteiger partial charge in [-0.1, -0.05) is 18.9 Å². The first-order valence-corrected chi connectivity index (χ1v) is 11.2. The maximum absolute atomic E-state index is 13.3. The van der Waals surface area contributed by atoms with E-state index in [4.69, 9.17) is 0 Å². The van der Waals surface area contributed by atoms with Crippen molar-refractivity contribution in [3.05, 3.63) is 11.8 Å².